The van der Waals surface area contributed by atoms with Crippen molar-refractivity contribution in [3.8, 4) is 0 Å². The molecule has 27 heavy (non-hydrogen) atoms. The van der Waals surface area contributed by atoms with E-state index in [4.69, 9.17) is 11.6 Å². The van der Waals surface area contributed by atoms with Crippen LogP contribution in [-0.4, -0.2) is 64.6 Å². The van der Waals surface area contributed by atoms with Gasteiger partial charge in [-0.2, -0.15) is 0 Å². The summed E-state index contributed by atoms with van der Waals surface area (Å²) in [4.78, 5) is 41.6. The van der Waals surface area contributed by atoms with Crippen molar-refractivity contribution in [2.45, 2.75) is 38.8 Å². The Balaban J connectivity index is 1.56. The monoisotopic (exact) mass is 395 g/mol. The molecule has 0 bridgehead atoms. The van der Waals surface area contributed by atoms with Crippen molar-refractivity contribution in [3.63, 3.8) is 0 Å². The second kappa shape index (κ2) is 8.25. The van der Waals surface area contributed by atoms with Crippen LogP contribution in [0.1, 0.15) is 31.7 Å². The maximum Gasteiger partial charge on any atom is 0.245 e. The minimum Gasteiger partial charge on any atom is -0.343 e. The standard InChI is InChI=1S/C19H23ClFN3O3/c1-13-19(27)23(9-3-8-22-7-2-4-17(22)25)12-18(26)24(13)11-14-5-6-15(20)16(21)10-14/h5-6,10,13H,2-4,7-9,11-12H2,1H3/t13-/m0/s1. The Bertz CT molecular complexity index is 758. The van der Waals surface area contributed by atoms with E-state index in [0.29, 0.717) is 31.5 Å². The molecule has 2 aliphatic rings. The highest BCUT2D eigenvalue weighted by Gasteiger charge is 2.36. The van der Waals surface area contributed by atoms with Crippen molar-refractivity contribution in [3.05, 3.63) is 34.6 Å². The van der Waals surface area contributed by atoms with E-state index in [1.165, 1.54) is 17.0 Å². The molecule has 1 aromatic rings. The van der Waals surface area contributed by atoms with Gasteiger partial charge in [-0.05, 0) is 37.5 Å². The van der Waals surface area contributed by atoms with E-state index in [2.05, 4.69) is 0 Å². The average molecular weight is 396 g/mol. The van der Waals surface area contributed by atoms with E-state index in [1.54, 1.807) is 22.8 Å². The molecule has 0 unspecified atom stereocenters. The Morgan fingerprint density at radius 1 is 1.15 bits per heavy atom. The van der Waals surface area contributed by atoms with Gasteiger partial charge >= 0.3 is 0 Å². The van der Waals surface area contributed by atoms with Crippen LogP contribution in [0.4, 0.5) is 4.39 Å². The number of amides is 3. The van der Waals surface area contributed by atoms with Gasteiger partial charge in [-0.15, -0.1) is 0 Å². The Morgan fingerprint density at radius 2 is 1.89 bits per heavy atom. The van der Waals surface area contributed by atoms with Crippen LogP contribution in [0, 0.1) is 5.82 Å². The first-order chi connectivity index (χ1) is 12.9. The molecule has 1 atom stereocenters. The van der Waals surface area contributed by atoms with E-state index < -0.39 is 11.9 Å². The van der Waals surface area contributed by atoms with Crippen molar-refractivity contribution in [1.82, 2.24) is 14.7 Å². The third kappa shape index (κ3) is 4.40. The second-order valence-electron chi connectivity index (χ2n) is 7.04. The number of carbonyl (C=O) groups is 3. The van der Waals surface area contributed by atoms with Gasteiger partial charge < -0.3 is 14.7 Å². The topological polar surface area (TPSA) is 60.9 Å². The third-order valence-corrected chi connectivity index (χ3v) is 5.45. The number of rotatable bonds is 6. The normalized spacial score (nSPS) is 20.8. The number of halogens is 2. The molecular formula is C19H23ClFN3O3. The summed E-state index contributed by atoms with van der Waals surface area (Å²) in [5, 5.41) is 0.0236. The molecule has 6 nitrogen and oxygen atoms in total. The molecule has 3 rings (SSSR count). The zero-order chi connectivity index (χ0) is 19.6. The largest absolute Gasteiger partial charge is 0.343 e. The van der Waals surface area contributed by atoms with E-state index >= 15 is 0 Å². The molecule has 0 N–H and O–H groups in total. The predicted octanol–water partition coefficient (Wildman–Crippen LogP) is 2.05. The first kappa shape index (κ1) is 19.6. The van der Waals surface area contributed by atoms with Crippen molar-refractivity contribution < 1.29 is 18.8 Å². The van der Waals surface area contributed by atoms with Gasteiger partial charge in [0.15, 0.2) is 0 Å². The lowest BCUT2D eigenvalue weighted by Gasteiger charge is -2.39. The summed E-state index contributed by atoms with van der Waals surface area (Å²) in [7, 11) is 0. The minimum absolute atomic E-state index is 0.00713. The molecule has 0 saturated carbocycles. The zero-order valence-electron chi connectivity index (χ0n) is 15.3. The van der Waals surface area contributed by atoms with Crippen molar-refractivity contribution in [1.29, 1.82) is 0 Å². The van der Waals surface area contributed by atoms with Gasteiger partial charge in [0, 0.05) is 32.6 Å². The lowest BCUT2D eigenvalue weighted by molar-refractivity contribution is -0.155. The molecule has 2 aliphatic heterocycles. The van der Waals surface area contributed by atoms with Crippen LogP contribution in [-0.2, 0) is 20.9 Å². The van der Waals surface area contributed by atoms with E-state index in [0.717, 1.165) is 13.0 Å². The van der Waals surface area contributed by atoms with Crippen LogP contribution in [0.2, 0.25) is 5.02 Å². The van der Waals surface area contributed by atoms with Crippen LogP contribution in [0.25, 0.3) is 0 Å². The average Bonchev–Trinajstić information content (AvgIpc) is 3.04. The molecule has 2 heterocycles. The van der Waals surface area contributed by atoms with Crippen LogP contribution < -0.4 is 0 Å². The number of likely N-dealkylation sites (tertiary alicyclic amines) is 1. The van der Waals surface area contributed by atoms with E-state index in [1.807, 2.05) is 0 Å². The van der Waals surface area contributed by atoms with Crippen molar-refractivity contribution >= 4 is 29.3 Å². The van der Waals surface area contributed by atoms with Crippen LogP contribution in [0.5, 0.6) is 0 Å². The van der Waals surface area contributed by atoms with Crippen molar-refractivity contribution in [2.24, 2.45) is 0 Å². The zero-order valence-corrected chi connectivity index (χ0v) is 16.0. The van der Waals surface area contributed by atoms with Crippen LogP contribution >= 0.6 is 11.6 Å². The van der Waals surface area contributed by atoms with E-state index in [-0.39, 0.29) is 35.8 Å². The number of piperazine rings is 1. The summed E-state index contributed by atoms with van der Waals surface area (Å²) in [5.41, 5.74) is 0.589. The molecule has 0 spiro atoms. The Hall–Kier alpha value is -2.15. The lowest BCUT2D eigenvalue weighted by Crippen LogP contribution is -2.58. The maximum absolute atomic E-state index is 13.6. The smallest absolute Gasteiger partial charge is 0.245 e. The molecule has 3 amide bonds. The fraction of sp³-hybridized carbons (Fsp3) is 0.526. The molecule has 146 valence electrons. The van der Waals surface area contributed by atoms with Crippen LogP contribution in [0.15, 0.2) is 18.2 Å². The number of hydrogen-bond donors (Lipinski definition) is 0. The number of hydrogen-bond acceptors (Lipinski definition) is 3. The Kier molecular flexibility index (Phi) is 5.99. The van der Waals surface area contributed by atoms with Gasteiger partial charge in [-0.25, -0.2) is 4.39 Å². The van der Waals surface area contributed by atoms with Gasteiger partial charge in [-0.1, -0.05) is 17.7 Å². The first-order valence-electron chi connectivity index (χ1n) is 9.17. The summed E-state index contributed by atoms with van der Waals surface area (Å²) >= 11 is 5.69. The highest BCUT2D eigenvalue weighted by atomic mass is 35.5. The SMILES string of the molecule is C[C@H]1C(=O)N(CCCN2CCCC2=O)CC(=O)N1Cc1ccc(Cl)c(F)c1. The molecule has 2 fully saturated rings. The number of nitrogens with zero attached hydrogens (tertiary/aromatic N) is 3. The Morgan fingerprint density at radius 3 is 2.56 bits per heavy atom. The summed E-state index contributed by atoms with van der Waals surface area (Å²) < 4.78 is 13.6. The highest BCUT2D eigenvalue weighted by Crippen LogP contribution is 2.20. The molecule has 0 aromatic heterocycles. The highest BCUT2D eigenvalue weighted by molar-refractivity contribution is 6.30. The fourth-order valence-corrected chi connectivity index (χ4v) is 3.71. The second-order valence-corrected chi connectivity index (χ2v) is 7.45. The molecule has 0 aliphatic carbocycles. The number of benzene rings is 1. The molecule has 1 aromatic carbocycles. The van der Waals surface area contributed by atoms with Gasteiger partial charge in [0.1, 0.15) is 11.9 Å². The quantitative estimate of drug-likeness (QED) is 0.740. The molecule has 8 heteroatoms. The summed E-state index contributed by atoms with van der Waals surface area (Å²) in [6.45, 7) is 3.68. The molecule has 2 saturated heterocycles. The first-order valence-corrected chi connectivity index (χ1v) is 9.54. The van der Waals surface area contributed by atoms with E-state index in [9.17, 15) is 18.8 Å². The van der Waals surface area contributed by atoms with Gasteiger partial charge in [0.2, 0.25) is 17.7 Å². The molecular weight excluding hydrogens is 373 g/mol. The van der Waals surface area contributed by atoms with Crippen molar-refractivity contribution in [2.75, 3.05) is 26.2 Å². The third-order valence-electron chi connectivity index (χ3n) is 5.15. The summed E-state index contributed by atoms with van der Waals surface area (Å²) in [5.74, 6) is -0.687. The summed E-state index contributed by atoms with van der Waals surface area (Å²) in [6.07, 6.45) is 2.13. The fourth-order valence-electron chi connectivity index (χ4n) is 3.59. The van der Waals surface area contributed by atoms with Gasteiger partial charge in [0.05, 0.1) is 11.6 Å². The maximum atomic E-state index is 13.6. The minimum atomic E-state index is -0.613. The van der Waals surface area contributed by atoms with Crippen LogP contribution in [0.3, 0.4) is 0 Å². The van der Waals surface area contributed by atoms with Gasteiger partial charge in [-0.3, -0.25) is 14.4 Å². The number of carbonyl (C=O) groups excluding carboxylic acids is 3. The lowest BCUT2D eigenvalue weighted by atomic mass is 10.1. The summed E-state index contributed by atoms with van der Waals surface area (Å²) in [6, 6.07) is 3.76. The van der Waals surface area contributed by atoms with Gasteiger partial charge in [0.25, 0.3) is 0 Å². The molecule has 0 radical (unpaired) electrons. The Labute approximate surface area is 162 Å². The predicted molar refractivity (Wildman–Crippen MR) is 98.4 cm³/mol.